The fraction of sp³-hybridized carbons (Fsp3) is 1.00. The van der Waals surface area contributed by atoms with Gasteiger partial charge in [-0.05, 0) is 0 Å². The van der Waals surface area contributed by atoms with Gasteiger partial charge < -0.3 is 5.11 Å². The fourth-order valence-corrected chi connectivity index (χ4v) is 3.08. The summed E-state index contributed by atoms with van der Waals surface area (Å²) in [6.45, 7) is 6.97. The second kappa shape index (κ2) is 7.92. The van der Waals surface area contributed by atoms with Crippen molar-refractivity contribution >= 4 is 14.1 Å². The second-order valence-corrected chi connectivity index (χ2v) is 8.48. The number of alkyl halides is 9. The first kappa shape index (κ1) is 23.1. The molecule has 0 atom stereocenters. The van der Waals surface area contributed by atoms with Crippen molar-refractivity contribution in [2.24, 2.45) is 0 Å². The predicted octanol–water partition coefficient (Wildman–Crippen LogP) is 4.95. The third kappa shape index (κ3) is 5.87. The summed E-state index contributed by atoms with van der Waals surface area (Å²) < 4.78 is 103. The molecule has 1 N–H and O–H groups in total. The Kier molecular flexibility index (Phi) is 8.73. The van der Waals surface area contributed by atoms with Crippen LogP contribution in [-0.2, 0) is 0 Å². The number of halogens is 9. The first-order valence-electron chi connectivity index (χ1n) is 6.02. The van der Waals surface area contributed by atoms with Crippen LogP contribution in [0, 0.1) is 0 Å². The minimum Gasteiger partial charge on any atom is -0.367 e. The molecule has 0 aromatic heterocycles. The minimum absolute atomic E-state index is 0.171. The van der Waals surface area contributed by atoms with Crippen molar-refractivity contribution in [3.05, 3.63) is 0 Å². The number of hydrogen-bond donors (Lipinski definition) is 1. The van der Waals surface area contributed by atoms with Gasteiger partial charge in [0.05, 0.1) is 0 Å². The molecule has 11 heteroatoms. The summed E-state index contributed by atoms with van der Waals surface area (Å²) in [4.78, 5) is 0. The van der Waals surface area contributed by atoms with Crippen LogP contribution in [0.3, 0.4) is 0 Å². The highest BCUT2D eigenvalue weighted by Gasteiger charge is 2.83. The molecule has 0 spiro atoms. The highest BCUT2D eigenvalue weighted by molar-refractivity contribution is 6.58. The van der Waals surface area contributed by atoms with Crippen LogP contribution in [0.1, 0.15) is 20.8 Å². The van der Waals surface area contributed by atoms with E-state index in [1.54, 1.807) is 0 Å². The molecule has 0 aromatic rings. The Balaban J connectivity index is 0. The van der Waals surface area contributed by atoms with Gasteiger partial charge in [-0.25, -0.2) is 0 Å². The van der Waals surface area contributed by atoms with E-state index in [1.165, 1.54) is 15.8 Å². The number of aliphatic hydroxyl groups is 1. The first-order valence-corrected chi connectivity index (χ1v) is 8.47. The number of rotatable bonds is 3. The maximum absolute atomic E-state index is 11.4. The molecule has 0 saturated carbocycles. The van der Waals surface area contributed by atoms with Gasteiger partial charge in [-0.1, -0.05) is 36.6 Å². The molecule has 0 aliphatic carbocycles. The van der Waals surface area contributed by atoms with E-state index >= 15 is 0 Å². The smallest absolute Gasteiger partial charge is 0.367 e. The lowest BCUT2D eigenvalue weighted by atomic mass is 10.0. The average Bonchev–Trinajstić information content (AvgIpc) is 2.26. The van der Waals surface area contributed by atoms with Gasteiger partial charge in [0, 0.05) is 0 Å². The summed E-state index contributed by atoms with van der Waals surface area (Å²) in [7, 11) is 0. The summed E-state index contributed by atoms with van der Waals surface area (Å²) in [5.41, 5.74) is -6.69. The van der Waals surface area contributed by atoms with Gasteiger partial charge in [-0.2, -0.15) is 39.5 Å². The standard InChI is InChI=1S/C4HF9O.3C2H5.Al/c5-2(6,7)1(14,3(8,9)10)4(11,12)13;3*1-2;/h14H;3*1H2,2H3;. The predicted molar refractivity (Wildman–Crippen MR) is 60.3 cm³/mol. The van der Waals surface area contributed by atoms with E-state index in [0.717, 1.165) is 0 Å². The molecule has 0 fully saturated rings. The van der Waals surface area contributed by atoms with Crippen molar-refractivity contribution in [1.82, 2.24) is 0 Å². The highest BCUT2D eigenvalue weighted by atomic mass is 27.2. The van der Waals surface area contributed by atoms with Crippen molar-refractivity contribution in [3.63, 3.8) is 0 Å². The Bertz CT molecular complexity index is 249. The van der Waals surface area contributed by atoms with Crippen molar-refractivity contribution in [2.45, 2.75) is 60.7 Å². The lowest BCUT2D eigenvalue weighted by molar-refractivity contribution is -0.447. The van der Waals surface area contributed by atoms with Crippen molar-refractivity contribution < 1.29 is 44.6 Å². The molecule has 0 radical (unpaired) electrons. The topological polar surface area (TPSA) is 20.2 Å². The SMILES string of the molecule is C[CH2][Al]([CH2]C)[CH2]C.OC(C(F)(F)F)(C(F)(F)F)C(F)(F)F. The molecule has 0 bridgehead atoms. The second-order valence-electron chi connectivity index (χ2n) is 4.29. The molecule has 21 heavy (non-hydrogen) atoms. The fourth-order valence-electron chi connectivity index (χ4n) is 1.35. The zero-order chi connectivity index (χ0) is 17.7. The van der Waals surface area contributed by atoms with E-state index < -0.39 is 24.1 Å². The maximum atomic E-state index is 11.4. The highest BCUT2D eigenvalue weighted by Crippen LogP contribution is 2.52. The maximum Gasteiger partial charge on any atom is 0.435 e. The number of hydrogen-bond acceptors (Lipinski definition) is 1. The normalized spacial score (nSPS) is 13.6. The van der Waals surface area contributed by atoms with Crippen molar-refractivity contribution in [2.75, 3.05) is 0 Å². The van der Waals surface area contributed by atoms with E-state index in [4.69, 9.17) is 5.11 Å². The van der Waals surface area contributed by atoms with Gasteiger partial charge in [-0.15, -0.1) is 0 Å². The third-order valence-corrected chi connectivity index (χ3v) is 6.43. The molecule has 128 valence electrons. The molecule has 1 nitrogen and oxygen atoms in total. The van der Waals surface area contributed by atoms with Crippen LogP contribution in [0.4, 0.5) is 39.5 Å². The van der Waals surface area contributed by atoms with E-state index in [1.807, 2.05) is 0 Å². The van der Waals surface area contributed by atoms with Gasteiger partial charge in [0.15, 0.2) is 0 Å². The van der Waals surface area contributed by atoms with Crippen LogP contribution >= 0.6 is 0 Å². The van der Waals surface area contributed by atoms with Gasteiger partial charge in [-0.3, -0.25) is 0 Å². The Morgan fingerprint density at radius 3 is 0.810 bits per heavy atom. The van der Waals surface area contributed by atoms with E-state index in [0.29, 0.717) is 0 Å². The lowest BCUT2D eigenvalue weighted by Gasteiger charge is -2.33. The van der Waals surface area contributed by atoms with Crippen molar-refractivity contribution in [3.8, 4) is 0 Å². The molecule has 0 unspecified atom stereocenters. The van der Waals surface area contributed by atoms with Crippen LogP contribution in [0.2, 0.25) is 15.8 Å². The van der Waals surface area contributed by atoms with Crippen LogP contribution < -0.4 is 0 Å². The third-order valence-electron chi connectivity index (χ3n) is 2.96. The Hall–Kier alpha value is -0.138. The van der Waals surface area contributed by atoms with Gasteiger partial charge in [0.25, 0.3) is 14.1 Å². The molecular weight excluding hydrogens is 334 g/mol. The summed E-state index contributed by atoms with van der Waals surface area (Å²) in [6.07, 6.45) is -20.6. The zero-order valence-electron chi connectivity index (χ0n) is 11.5. The van der Waals surface area contributed by atoms with Crippen LogP contribution in [0.25, 0.3) is 0 Å². The van der Waals surface area contributed by atoms with Crippen molar-refractivity contribution in [1.29, 1.82) is 0 Å². The molecule has 0 amide bonds. The van der Waals surface area contributed by atoms with Gasteiger partial charge in [0.2, 0.25) is 0 Å². The first-order chi connectivity index (χ1) is 9.10. The minimum atomic E-state index is -6.87. The molecule has 0 aliphatic heterocycles. The van der Waals surface area contributed by atoms with Gasteiger partial charge >= 0.3 is 24.1 Å². The summed E-state index contributed by atoms with van der Waals surface area (Å²) in [5.74, 6) is 0. The van der Waals surface area contributed by atoms with E-state index in [9.17, 15) is 39.5 Å². The van der Waals surface area contributed by atoms with Gasteiger partial charge in [0.1, 0.15) is 0 Å². The average molecular weight is 350 g/mol. The van der Waals surface area contributed by atoms with Crippen LogP contribution in [0.15, 0.2) is 0 Å². The molecule has 0 saturated heterocycles. The molecular formula is C10H16AlF9O. The van der Waals surface area contributed by atoms with E-state index in [-0.39, 0.29) is 14.1 Å². The largest absolute Gasteiger partial charge is 0.435 e. The molecule has 0 rings (SSSR count). The molecule has 0 aromatic carbocycles. The summed E-state index contributed by atoms with van der Waals surface area (Å²) >= 11 is -0.171. The lowest BCUT2D eigenvalue weighted by Crippen LogP contribution is -2.66. The Labute approximate surface area is 120 Å². The summed E-state index contributed by atoms with van der Waals surface area (Å²) in [6, 6.07) is 0. The van der Waals surface area contributed by atoms with Crippen LogP contribution in [0.5, 0.6) is 0 Å². The monoisotopic (exact) mass is 350 g/mol. The quantitative estimate of drug-likeness (QED) is 0.564. The van der Waals surface area contributed by atoms with E-state index in [2.05, 4.69) is 20.8 Å². The molecule has 0 heterocycles. The molecule has 0 aliphatic rings. The Morgan fingerprint density at radius 1 is 0.619 bits per heavy atom. The Morgan fingerprint density at radius 2 is 0.810 bits per heavy atom. The van der Waals surface area contributed by atoms with Crippen LogP contribution in [-0.4, -0.2) is 43.4 Å². The zero-order valence-corrected chi connectivity index (χ0v) is 12.7. The summed E-state index contributed by atoms with van der Waals surface area (Å²) in [5, 5.41) is 12.1.